The minimum atomic E-state index is 0.269. The third kappa shape index (κ3) is 2.33. The Balaban J connectivity index is 2.26. The van der Waals surface area contributed by atoms with Crippen molar-refractivity contribution in [2.45, 2.75) is 46.5 Å². The Morgan fingerprint density at radius 1 is 1.33 bits per heavy atom. The van der Waals surface area contributed by atoms with Crippen LogP contribution in [-0.2, 0) is 4.79 Å². The summed E-state index contributed by atoms with van der Waals surface area (Å²) in [6, 6.07) is 0. The fraction of sp³-hybridized carbons (Fsp3) is 0.909. The van der Waals surface area contributed by atoms with E-state index in [9.17, 15) is 4.79 Å². The Morgan fingerprint density at radius 2 is 1.92 bits per heavy atom. The van der Waals surface area contributed by atoms with Crippen molar-refractivity contribution in [3.8, 4) is 0 Å². The average Bonchev–Trinajstić information content (AvgIpc) is 1.94. The van der Waals surface area contributed by atoms with E-state index in [0.717, 1.165) is 12.3 Å². The normalized spacial score (nSPS) is 20.7. The lowest BCUT2D eigenvalue weighted by molar-refractivity contribution is -0.125. The highest BCUT2D eigenvalue weighted by Crippen LogP contribution is 2.31. The van der Waals surface area contributed by atoms with Gasteiger partial charge in [0.15, 0.2) is 0 Å². The van der Waals surface area contributed by atoms with Crippen LogP contribution in [0, 0.1) is 17.8 Å². The molecule has 0 spiro atoms. The van der Waals surface area contributed by atoms with Crippen molar-refractivity contribution in [3.05, 3.63) is 0 Å². The molecule has 1 rings (SSSR count). The van der Waals surface area contributed by atoms with Crippen LogP contribution in [0.5, 0.6) is 0 Å². The van der Waals surface area contributed by atoms with Gasteiger partial charge in [-0.1, -0.05) is 40.0 Å². The van der Waals surface area contributed by atoms with Crippen LogP contribution in [0.15, 0.2) is 0 Å². The number of Topliss-reactive ketones (excluding diaryl/α,β-unsaturated/α-hetero) is 1. The van der Waals surface area contributed by atoms with Crippen molar-refractivity contribution in [3.63, 3.8) is 0 Å². The van der Waals surface area contributed by atoms with E-state index in [-0.39, 0.29) is 5.92 Å². The molecule has 0 heterocycles. The van der Waals surface area contributed by atoms with Crippen LogP contribution in [0.2, 0.25) is 0 Å². The molecule has 0 radical (unpaired) electrons. The lowest BCUT2D eigenvalue weighted by atomic mass is 9.78. The van der Waals surface area contributed by atoms with Gasteiger partial charge in [-0.3, -0.25) is 4.79 Å². The fourth-order valence-corrected chi connectivity index (χ4v) is 1.54. The molecule has 12 heavy (non-hydrogen) atoms. The van der Waals surface area contributed by atoms with Crippen molar-refractivity contribution >= 4 is 5.78 Å². The van der Waals surface area contributed by atoms with E-state index in [1.165, 1.54) is 19.3 Å². The Morgan fingerprint density at radius 3 is 2.25 bits per heavy atom. The van der Waals surface area contributed by atoms with Gasteiger partial charge in [0.25, 0.3) is 0 Å². The number of ketones is 1. The number of hydrogen-bond donors (Lipinski definition) is 0. The molecule has 0 aromatic rings. The van der Waals surface area contributed by atoms with Crippen LogP contribution in [0.3, 0.4) is 0 Å². The third-order valence-electron chi connectivity index (χ3n) is 3.22. The zero-order valence-corrected chi connectivity index (χ0v) is 8.47. The highest BCUT2D eigenvalue weighted by atomic mass is 16.1. The molecule has 1 nitrogen and oxygen atoms in total. The Hall–Kier alpha value is -0.330. The smallest absolute Gasteiger partial charge is 0.136 e. The Labute approximate surface area is 75.5 Å². The first-order chi connectivity index (χ1) is 5.61. The first-order valence-electron chi connectivity index (χ1n) is 5.14. The number of hydrogen-bond acceptors (Lipinski definition) is 1. The third-order valence-corrected chi connectivity index (χ3v) is 3.22. The van der Waals surface area contributed by atoms with E-state index in [2.05, 4.69) is 20.8 Å². The zero-order chi connectivity index (χ0) is 9.14. The average molecular weight is 168 g/mol. The summed E-state index contributed by atoms with van der Waals surface area (Å²) in [4.78, 5) is 11.6. The summed E-state index contributed by atoms with van der Waals surface area (Å²) in [5, 5.41) is 0. The van der Waals surface area contributed by atoms with E-state index >= 15 is 0 Å². The molecular weight excluding hydrogens is 148 g/mol. The SMILES string of the molecule is CC(C)C(C)C(=O)CC1CCC1. The molecule has 0 aliphatic heterocycles. The maximum absolute atomic E-state index is 11.6. The lowest BCUT2D eigenvalue weighted by Crippen LogP contribution is -2.23. The molecule has 1 unspecified atom stereocenters. The number of carbonyl (C=O) groups is 1. The van der Waals surface area contributed by atoms with Gasteiger partial charge in [-0.05, 0) is 11.8 Å². The molecule has 70 valence electrons. The molecule has 1 aliphatic carbocycles. The van der Waals surface area contributed by atoms with Gasteiger partial charge >= 0.3 is 0 Å². The molecule has 1 aliphatic rings. The van der Waals surface area contributed by atoms with Crippen LogP contribution in [0.4, 0.5) is 0 Å². The second-order valence-corrected chi connectivity index (χ2v) is 4.50. The van der Waals surface area contributed by atoms with Gasteiger partial charge in [0, 0.05) is 12.3 Å². The summed E-state index contributed by atoms with van der Waals surface area (Å²) in [6.45, 7) is 6.32. The highest BCUT2D eigenvalue weighted by Gasteiger charge is 2.24. The van der Waals surface area contributed by atoms with E-state index in [0.29, 0.717) is 11.7 Å². The maximum atomic E-state index is 11.6. The van der Waals surface area contributed by atoms with Gasteiger partial charge in [-0.2, -0.15) is 0 Å². The van der Waals surface area contributed by atoms with E-state index < -0.39 is 0 Å². The van der Waals surface area contributed by atoms with E-state index in [1.807, 2.05) is 0 Å². The molecule has 0 aromatic carbocycles. The van der Waals surface area contributed by atoms with E-state index in [1.54, 1.807) is 0 Å². The minimum absolute atomic E-state index is 0.269. The van der Waals surface area contributed by atoms with Gasteiger partial charge in [-0.25, -0.2) is 0 Å². The Kier molecular flexibility index (Phi) is 3.30. The van der Waals surface area contributed by atoms with Crippen LogP contribution < -0.4 is 0 Å². The van der Waals surface area contributed by atoms with Crippen molar-refractivity contribution < 1.29 is 4.79 Å². The molecule has 0 N–H and O–H groups in total. The van der Waals surface area contributed by atoms with Gasteiger partial charge in [0.1, 0.15) is 5.78 Å². The summed E-state index contributed by atoms with van der Waals surface area (Å²) < 4.78 is 0. The topological polar surface area (TPSA) is 17.1 Å². The van der Waals surface area contributed by atoms with Crippen LogP contribution in [-0.4, -0.2) is 5.78 Å². The minimum Gasteiger partial charge on any atom is -0.299 e. The summed E-state index contributed by atoms with van der Waals surface area (Å²) >= 11 is 0. The van der Waals surface area contributed by atoms with Crippen molar-refractivity contribution in [1.29, 1.82) is 0 Å². The van der Waals surface area contributed by atoms with Gasteiger partial charge < -0.3 is 0 Å². The monoisotopic (exact) mass is 168 g/mol. The number of carbonyl (C=O) groups excluding carboxylic acids is 1. The van der Waals surface area contributed by atoms with E-state index in [4.69, 9.17) is 0 Å². The fourth-order valence-electron chi connectivity index (χ4n) is 1.54. The second kappa shape index (κ2) is 4.06. The first kappa shape index (κ1) is 9.76. The van der Waals surface area contributed by atoms with Gasteiger partial charge in [0.05, 0.1) is 0 Å². The summed E-state index contributed by atoms with van der Waals surface area (Å²) in [5.74, 6) is 2.00. The van der Waals surface area contributed by atoms with Crippen molar-refractivity contribution in [1.82, 2.24) is 0 Å². The van der Waals surface area contributed by atoms with Gasteiger partial charge in [0.2, 0.25) is 0 Å². The maximum Gasteiger partial charge on any atom is 0.136 e. The van der Waals surface area contributed by atoms with Crippen molar-refractivity contribution in [2.24, 2.45) is 17.8 Å². The standard InChI is InChI=1S/C11H20O/c1-8(2)9(3)11(12)7-10-5-4-6-10/h8-10H,4-7H2,1-3H3. The molecular formula is C11H20O. The quantitative estimate of drug-likeness (QED) is 0.630. The molecule has 1 atom stereocenters. The molecule has 1 saturated carbocycles. The summed E-state index contributed by atoms with van der Waals surface area (Å²) in [5.41, 5.74) is 0. The summed E-state index contributed by atoms with van der Waals surface area (Å²) in [7, 11) is 0. The highest BCUT2D eigenvalue weighted by molar-refractivity contribution is 5.81. The van der Waals surface area contributed by atoms with Crippen LogP contribution in [0.1, 0.15) is 46.5 Å². The van der Waals surface area contributed by atoms with Crippen molar-refractivity contribution in [2.75, 3.05) is 0 Å². The lowest BCUT2D eigenvalue weighted by Gasteiger charge is -2.26. The molecule has 0 bridgehead atoms. The summed E-state index contributed by atoms with van der Waals surface area (Å²) in [6.07, 6.45) is 4.76. The molecule has 0 amide bonds. The van der Waals surface area contributed by atoms with Crippen LogP contribution in [0.25, 0.3) is 0 Å². The molecule has 1 heteroatoms. The second-order valence-electron chi connectivity index (χ2n) is 4.50. The van der Waals surface area contributed by atoms with Crippen LogP contribution >= 0.6 is 0 Å². The largest absolute Gasteiger partial charge is 0.299 e. The Bertz CT molecular complexity index is 156. The molecule has 0 aromatic heterocycles. The molecule has 0 saturated heterocycles. The molecule has 1 fully saturated rings. The predicted molar refractivity (Wildman–Crippen MR) is 51.0 cm³/mol. The van der Waals surface area contributed by atoms with Gasteiger partial charge in [-0.15, -0.1) is 0 Å². The predicted octanol–water partition coefficient (Wildman–Crippen LogP) is 3.04. The first-order valence-corrected chi connectivity index (χ1v) is 5.14. The number of rotatable bonds is 4. The zero-order valence-electron chi connectivity index (χ0n) is 8.47.